The van der Waals surface area contributed by atoms with Crippen molar-refractivity contribution in [3.8, 4) is 0 Å². The van der Waals surface area contributed by atoms with Crippen LogP contribution in [0.1, 0.15) is 18.4 Å². The number of aromatic nitrogens is 2. The van der Waals surface area contributed by atoms with Crippen LogP contribution in [0.3, 0.4) is 0 Å². The first-order valence-corrected chi connectivity index (χ1v) is 11.5. The van der Waals surface area contributed by atoms with Gasteiger partial charge in [0.1, 0.15) is 5.82 Å². The minimum atomic E-state index is -1.25. The van der Waals surface area contributed by atoms with Crippen LogP contribution in [0.4, 0.5) is 11.5 Å². The Kier molecular flexibility index (Phi) is 6.87. The molecular weight excluding hydrogens is 420 g/mol. The number of fused-ring (bicyclic) bond motifs is 1. The highest BCUT2D eigenvalue weighted by atomic mass is 32.2. The molecule has 0 radical (unpaired) electrons. The lowest BCUT2D eigenvalue weighted by Crippen LogP contribution is -2.13. The van der Waals surface area contributed by atoms with Gasteiger partial charge in [-0.25, -0.2) is 9.19 Å². The highest BCUT2D eigenvalue weighted by Gasteiger charge is 2.29. The van der Waals surface area contributed by atoms with Gasteiger partial charge in [0, 0.05) is 35.6 Å². The third kappa shape index (κ3) is 5.76. The summed E-state index contributed by atoms with van der Waals surface area (Å²) < 4.78 is 14.6. The maximum absolute atomic E-state index is 11.8. The topological polar surface area (TPSA) is 84.0 Å². The molecule has 1 aliphatic rings. The summed E-state index contributed by atoms with van der Waals surface area (Å²) in [6, 6.07) is 20.6. The molecule has 32 heavy (non-hydrogen) atoms. The first-order chi connectivity index (χ1) is 15.6. The second-order valence-corrected chi connectivity index (χ2v) is 8.77. The molecule has 5 rings (SSSR count). The van der Waals surface area contributed by atoms with Gasteiger partial charge in [0.15, 0.2) is 11.0 Å². The van der Waals surface area contributed by atoms with Gasteiger partial charge in [-0.05, 0) is 67.1 Å². The first kappa shape index (κ1) is 21.6. The number of pyridine rings is 2. The highest BCUT2D eigenvalue weighted by molar-refractivity contribution is 7.86. The Morgan fingerprint density at radius 3 is 2.50 bits per heavy atom. The molecule has 7 heteroatoms. The van der Waals surface area contributed by atoms with Gasteiger partial charge in [-0.1, -0.05) is 30.3 Å². The normalized spacial score (nSPS) is 13.5. The zero-order chi connectivity index (χ0) is 22.3. The van der Waals surface area contributed by atoms with Gasteiger partial charge in [0.05, 0.1) is 4.90 Å². The number of carbonyl (C=O) groups is 1. The number of anilines is 2. The highest BCUT2D eigenvalue weighted by Crippen LogP contribution is 2.30. The number of benzene rings is 2. The Morgan fingerprint density at radius 1 is 1.00 bits per heavy atom. The quantitative estimate of drug-likeness (QED) is 0.448. The third-order valence-electron chi connectivity index (χ3n) is 5.00. The van der Waals surface area contributed by atoms with Crippen LogP contribution in [0.25, 0.3) is 10.8 Å². The molecular formula is C25H24N4O2S. The lowest BCUT2D eigenvalue weighted by atomic mass is 10.1. The average Bonchev–Trinajstić information content (AvgIpc) is 3.67. The number of hydrogen-bond donors (Lipinski definition) is 2. The SMILES string of the molecule is Cc1cncc2ccc(NC(=O)C3CC3)cc12.O=S(Nc1ccccn1)c1ccccc1. The van der Waals surface area contributed by atoms with Gasteiger partial charge in [0.2, 0.25) is 5.91 Å². The molecule has 2 N–H and O–H groups in total. The van der Waals surface area contributed by atoms with E-state index in [4.69, 9.17) is 0 Å². The van der Waals surface area contributed by atoms with E-state index < -0.39 is 11.0 Å². The molecule has 1 fully saturated rings. The zero-order valence-electron chi connectivity index (χ0n) is 17.7. The molecule has 4 aromatic rings. The van der Waals surface area contributed by atoms with Crippen LogP contribution in [0.5, 0.6) is 0 Å². The van der Waals surface area contributed by atoms with E-state index in [1.807, 2.05) is 80.0 Å². The van der Waals surface area contributed by atoms with E-state index in [-0.39, 0.29) is 11.8 Å². The Hall–Kier alpha value is -3.58. The summed E-state index contributed by atoms with van der Waals surface area (Å²) in [4.78, 5) is 20.6. The van der Waals surface area contributed by atoms with Crippen molar-refractivity contribution in [3.63, 3.8) is 0 Å². The predicted molar refractivity (Wildman–Crippen MR) is 129 cm³/mol. The summed E-state index contributed by atoms with van der Waals surface area (Å²) in [5.41, 5.74) is 2.01. The molecule has 162 valence electrons. The molecule has 1 aliphatic carbocycles. The molecule has 2 aromatic carbocycles. The Morgan fingerprint density at radius 2 is 1.78 bits per heavy atom. The molecule has 1 saturated carbocycles. The van der Waals surface area contributed by atoms with Gasteiger partial charge in [-0.15, -0.1) is 0 Å². The van der Waals surface area contributed by atoms with Gasteiger partial charge >= 0.3 is 0 Å². The maximum atomic E-state index is 11.8. The fourth-order valence-corrected chi connectivity index (χ4v) is 3.93. The molecule has 2 aromatic heterocycles. The first-order valence-electron chi connectivity index (χ1n) is 10.4. The van der Waals surface area contributed by atoms with E-state index in [9.17, 15) is 9.00 Å². The van der Waals surface area contributed by atoms with Gasteiger partial charge in [0.25, 0.3) is 0 Å². The van der Waals surface area contributed by atoms with Crippen molar-refractivity contribution in [2.75, 3.05) is 10.0 Å². The van der Waals surface area contributed by atoms with Gasteiger partial charge < -0.3 is 5.32 Å². The van der Waals surface area contributed by atoms with Crippen molar-refractivity contribution in [1.82, 2.24) is 9.97 Å². The second-order valence-electron chi connectivity index (χ2n) is 7.55. The summed E-state index contributed by atoms with van der Waals surface area (Å²) in [5, 5.41) is 5.22. The number of nitrogens with zero attached hydrogens (tertiary/aromatic N) is 2. The van der Waals surface area contributed by atoms with Crippen LogP contribution in [0, 0.1) is 12.8 Å². The molecule has 1 unspecified atom stereocenters. The van der Waals surface area contributed by atoms with E-state index in [1.165, 1.54) is 0 Å². The fourth-order valence-electron chi connectivity index (χ4n) is 3.10. The number of aryl methyl sites for hydroxylation is 1. The van der Waals surface area contributed by atoms with Gasteiger partial charge in [-0.3, -0.25) is 14.5 Å². The second kappa shape index (κ2) is 10.2. The summed E-state index contributed by atoms with van der Waals surface area (Å²) in [5.74, 6) is 1.000. The third-order valence-corrected chi connectivity index (χ3v) is 6.09. The van der Waals surface area contributed by atoms with E-state index in [0.29, 0.717) is 5.82 Å². The monoisotopic (exact) mass is 444 g/mol. The number of nitrogens with one attached hydrogen (secondary N) is 2. The Bertz CT molecular complexity index is 1230. The fraction of sp³-hybridized carbons (Fsp3) is 0.160. The minimum Gasteiger partial charge on any atom is -0.326 e. The van der Waals surface area contributed by atoms with E-state index in [0.717, 1.165) is 39.8 Å². The van der Waals surface area contributed by atoms with Crippen LogP contribution in [-0.2, 0) is 15.8 Å². The Balaban J connectivity index is 0.000000155. The number of carbonyl (C=O) groups excluding carboxylic acids is 1. The number of hydrogen-bond acceptors (Lipinski definition) is 4. The van der Waals surface area contributed by atoms with Crippen LogP contribution >= 0.6 is 0 Å². The largest absolute Gasteiger partial charge is 0.326 e. The molecule has 1 atom stereocenters. The van der Waals surface area contributed by atoms with Crippen molar-refractivity contribution in [2.24, 2.45) is 5.92 Å². The van der Waals surface area contributed by atoms with Crippen molar-refractivity contribution >= 4 is 39.2 Å². The van der Waals surface area contributed by atoms with Crippen molar-refractivity contribution < 1.29 is 9.00 Å². The molecule has 6 nitrogen and oxygen atoms in total. The smallest absolute Gasteiger partial charge is 0.227 e. The van der Waals surface area contributed by atoms with E-state index in [2.05, 4.69) is 20.0 Å². The average molecular weight is 445 g/mol. The van der Waals surface area contributed by atoms with Gasteiger partial charge in [-0.2, -0.15) is 0 Å². The predicted octanol–water partition coefficient (Wildman–Crippen LogP) is 5.11. The van der Waals surface area contributed by atoms with Crippen molar-refractivity contribution in [1.29, 1.82) is 0 Å². The maximum Gasteiger partial charge on any atom is 0.227 e. The lowest BCUT2D eigenvalue weighted by Gasteiger charge is -2.07. The molecule has 0 aliphatic heterocycles. The zero-order valence-corrected chi connectivity index (χ0v) is 18.5. The van der Waals surface area contributed by atoms with Crippen LogP contribution in [0.15, 0.2) is 90.2 Å². The standard InChI is InChI=1S/C14H14N2O.C11H10N2OS/c1-9-7-15-8-11-4-5-12(6-13(9)11)16-14(17)10-2-3-10;14-15(10-6-2-1-3-7-10)13-11-8-4-5-9-12-11/h4-8,10H,2-3H2,1H3,(H,16,17);1-9H,(H,12,13). The number of amides is 1. The van der Waals surface area contributed by atoms with E-state index >= 15 is 0 Å². The Labute approximate surface area is 189 Å². The van der Waals surface area contributed by atoms with Crippen molar-refractivity contribution in [3.05, 3.63) is 90.9 Å². The molecule has 0 spiro atoms. The summed E-state index contributed by atoms with van der Waals surface area (Å²) in [6.07, 6.45) is 7.40. The molecule has 0 saturated heterocycles. The van der Waals surface area contributed by atoms with Crippen LogP contribution < -0.4 is 10.0 Å². The van der Waals surface area contributed by atoms with Crippen molar-refractivity contribution in [2.45, 2.75) is 24.7 Å². The molecule has 2 heterocycles. The lowest BCUT2D eigenvalue weighted by molar-refractivity contribution is -0.117. The summed E-state index contributed by atoms with van der Waals surface area (Å²) in [6.45, 7) is 2.03. The minimum absolute atomic E-state index is 0.149. The molecule has 1 amide bonds. The number of rotatable bonds is 5. The summed E-state index contributed by atoms with van der Waals surface area (Å²) in [7, 11) is -1.25. The van der Waals surface area contributed by atoms with E-state index in [1.54, 1.807) is 12.3 Å². The summed E-state index contributed by atoms with van der Waals surface area (Å²) >= 11 is 0. The van der Waals surface area contributed by atoms with Crippen LogP contribution in [0.2, 0.25) is 0 Å². The molecule has 0 bridgehead atoms. The van der Waals surface area contributed by atoms with Crippen LogP contribution in [-0.4, -0.2) is 20.1 Å².